The van der Waals surface area contributed by atoms with E-state index < -0.39 is 34.7 Å². The summed E-state index contributed by atoms with van der Waals surface area (Å²) in [6.45, 7) is 11.4. The van der Waals surface area contributed by atoms with Crippen LogP contribution in [-0.4, -0.2) is 71.2 Å². The van der Waals surface area contributed by atoms with Crippen molar-refractivity contribution in [2.45, 2.75) is 142 Å². The van der Waals surface area contributed by atoms with Gasteiger partial charge in [0.1, 0.15) is 0 Å². The number of hydrogen-bond donors (Lipinski definition) is 4. The van der Waals surface area contributed by atoms with Gasteiger partial charge in [0.2, 0.25) is 0 Å². The molecule has 4 N–H and O–H groups in total. The maximum absolute atomic E-state index is 14.0. The highest BCUT2D eigenvalue weighted by Gasteiger charge is 2.70. The second-order valence-electron chi connectivity index (χ2n) is 18.0. The zero-order valence-electron chi connectivity index (χ0n) is 30.3. The molecule has 7 nitrogen and oxygen atoms in total. The first-order chi connectivity index (χ1) is 23.2. The van der Waals surface area contributed by atoms with Gasteiger partial charge < -0.3 is 25.0 Å². The number of aliphatic hydroxyl groups is 4. The predicted octanol–water partition coefficient (Wildman–Crippen LogP) is 7.31. The molecule has 272 valence electrons. The van der Waals surface area contributed by atoms with Gasteiger partial charge in [-0.15, -0.1) is 0 Å². The Morgan fingerprint density at radius 3 is 2.37 bits per heavy atom. The summed E-state index contributed by atoms with van der Waals surface area (Å²) in [6.07, 6.45) is 16.1. The molecular formula is C40H60N2O5S2. The lowest BCUT2D eigenvalue weighted by Gasteiger charge is -2.61. The van der Waals surface area contributed by atoms with E-state index in [4.69, 9.17) is 0 Å². The van der Waals surface area contributed by atoms with Crippen LogP contribution in [0.5, 0.6) is 0 Å². The summed E-state index contributed by atoms with van der Waals surface area (Å²) in [6, 6.07) is 0.249. The van der Waals surface area contributed by atoms with Gasteiger partial charge in [0.05, 0.1) is 30.2 Å². The zero-order valence-corrected chi connectivity index (χ0v) is 31.9. The van der Waals surface area contributed by atoms with Crippen LogP contribution in [0.2, 0.25) is 0 Å². The average molecular weight is 713 g/mol. The SMILES string of the molecule is CC1C(O)CC(=C2CCCCC2)C(C)(C)CC(n2ccnc2)CSSCC2CC1C1(C)CCC3C(=CC(=O)C4CC(O)C(O)CC43C)C21O. The Morgan fingerprint density at radius 1 is 0.918 bits per heavy atom. The molecule has 2 bridgehead atoms. The molecule has 0 radical (unpaired) electrons. The van der Waals surface area contributed by atoms with Crippen molar-refractivity contribution >= 4 is 27.4 Å². The van der Waals surface area contributed by atoms with Crippen molar-refractivity contribution in [3.8, 4) is 0 Å². The maximum Gasteiger partial charge on any atom is 0.159 e. The molecule has 7 rings (SSSR count). The van der Waals surface area contributed by atoms with Gasteiger partial charge in [-0.25, -0.2) is 4.98 Å². The first kappa shape index (κ1) is 36.3. The molecule has 4 saturated carbocycles. The Labute approximate surface area is 301 Å². The van der Waals surface area contributed by atoms with Crippen LogP contribution in [0.1, 0.15) is 118 Å². The first-order valence-electron chi connectivity index (χ1n) is 19.2. The minimum Gasteiger partial charge on any atom is -0.393 e. The number of allylic oxidation sites excluding steroid dienone is 2. The van der Waals surface area contributed by atoms with E-state index in [2.05, 4.69) is 50.4 Å². The van der Waals surface area contributed by atoms with Crippen molar-refractivity contribution < 1.29 is 25.2 Å². The predicted molar refractivity (Wildman–Crippen MR) is 198 cm³/mol. The fraction of sp³-hybridized carbons (Fsp3) is 0.800. The van der Waals surface area contributed by atoms with Gasteiger partial charge in [-0.2, -0.15) is 0 Å². The smallest absolute Gasteiger partial charge is 0.159 e. The highest BCUT2D eigenvalue weighted by molar-refractivity contribution is 8.76. The van der Waals surface area contributed by atoms with Crippen LogP contribution in [0.25, 0.3) is 0 Å². The third-order valence-corrected chi connectivity index (χ3v) is 17.6. The second kappa shape index (κ2) is 13.4. The number of rotatable bonds is 1. The number of nitrogens with zero attached hydrogens (tertiary/aromatic N) is 2. The molecule has 12 unspecified atom stereocenters. The average Bonchev–Trinajstić information content (AvgIpc) is 3.68. The molecule has 1 saturated heterocycles. The van der Waals surface area contributed by atoms with Crippen molar-refractivity contribution in [3.05, 3.63) is 41.5 Å². The quantitative estimate of drug-likeness (QED) is 0.177. The van der Waals surface area contributed by atoms with Gasteiger partial charge >= 0.3 is 0 Å². The lowest BCUT2D eigenvalue weighted by Crippen LogP contribution is -2.62. The lowest BCUT2D eigenvalue weighted by atomic mass is 9.45. The fourth-order valence-corrected chi connectivity index (χ4v) is 14.9. The summed E-state index contributed by atoms with van der Waals surface area (Å²) < 4.78 is 2.26. The molecule has 49 heavy (non-hydrogen) atoms. The summed E-state index contributed by atoms with van der Waals surface area (Å²) in [7, 11) is 3.74. The van der Waals surface area contributed by atoms with Crippen LogP contribution in [0.4, 0.5) is 0 Å². The Bertz CT molecular complexity index is 1450. The minimum atomic E-state index is -1.18. The van der Waals surface area contributed by atoms with Crippen LogP contribution < -0.4 is 0 Å². The Balaban J connectivity index is 1.29. The molecule has 0 amide bonds. The molecular weight excluding hydrogens is 653 g/mol. The van der Waals surface area contributed by atoms with Crippen LogP contribution in [0.15, 0.2) is 41.5 Å². The van der Waals surface area contributed by atoms with Crippen molar-refractivity contribution in [1.82, 2.24) is 9.55 Å². The molecule has 0 aromatic carbocycles. The third kappa shape index (κ3) is 5.97. The lowest BCUT2D eigenvalue weighted by molar-refractivity contribution is -0.158. The normalized spacial score (nSPS) is 46.3. The standard InChI is InChI=1S/C40H60N2O5S2/c1-24-29-15-26(40(47)31-17-34(44)32-18-35(45)36(46)20-38(32,4)28(31)11-12-39(29,40)5)21-48-49-22-27(42-14-13-41-23-42)19-37(2,3)30(16-33(24)43)25-9-7-6-8-10-25/h13-14,17,23-24,26-29,32-33,35-36,43,45-47H,6-12,15-16,18-22H2,1-5H3. The van der Waals surface area contributed by atoms with Crippen LogP contribution in [0, 0.1) is 45.8 Å². The Kier molecular flexibility index (Phi) is 9.91. The summed E-state index contributed by atoms with van der Waals surface area (Å²) in [5.74, 6) is 1.34. The van der Waals surface area contributed by atoms with Crippen molar-refractivity contribution in [2.75, 3.05) is 11.5 Å². The van der Waals surface area contributed by atoms with E-state index in [9.17, 15) is 25.2 Å². The monoisotopic (exact) mass is 712 g/mol. The summed E-state index contributed by atoms with van der Waals surface area (Å²) in [5, 5.41) is 47.2. The Hall–Kier alpha value is -1.10. The van der Waals surface area contributed by atoms with Gasteiger partial charge in [0.15, 0.2) is 5.78 Å². The van der Waals surface area contributed by atoms with E-state index in [1.165, 1.54) is 24.8 Å². The molecule has 1 aliphatic heterocycles. The summed E-state index contributed by atoms with van der Waals surface area (Å²) in [4.78, 5) is 18.4. The first-order valence-corrected chi connectivity index (χ1v) is 21.6. The number of aromatic nitrogens is 2. The third-order valence-electron chi connectivity index (χ3n) is 15.1. The second-order valence-corrected chi connectivity index (χ2v) is 20.6. The molecule has 2 heterocycles. The fourth-order valence-electron chi connectivity index (χ4n) is 12.2. The molecule has 9 heteroatoms. The molecule has 5 fully saturated rings. The van der Waals surface area contributed by atoms with Gasteiger partial charge in [-0.1, -0.05) is 73.8 Å². The number of aliphatic hydroxyl groups excluding tert-OH is 3. The topological polar surface area (TPSA) is 116 Å². The molecule has 0 spiro atoms. The van der Waals surface area contributed by atoms with E-state index in [-0.39, 0.29) is 53.3 Å². The van der Waals surface area contributed by atoms with Crippen LogP contribution in [-0.2, 0) is 4.79 Å². The summed E-state index contributed by atoms with van der Waals surface area (Å²) in [5.41, 5.74) is 1.62. The highest BCUT2D eigenvalue weighted by atomic mass is 33.1. The van der Waals surface area contributed by atoms with Gasteiger partial charge in [0.25, 0.3) is 0 Å². The molecule has 12 atom stereocenters. The number of hydrogen-bond acceptors (Lipinski definition) is 8. The van der Waals surface area contributed by atoms with E-state index in [1.54, 1.807) is 11.6 Å². The van der Waals surface area contributed by atoms with E-state index in [0.29, 0.717) is 12.8 Å². The molecule has 1 aromatic heterocycles. The number of carbonyl (C=O) groups is 1. The number of imidazole rings is 1. The van der Waals surface area contributed by atoms with Crippen molar-refractivity contribution in [1.29, 1.82) is 0 Å². The van der Waals surface area contributed by atoms with Gasteiger partial charge in [-0.3, -0.25) is 4.79 Å². The van der Waals surface area contributed by atoms with Crippen LogP contribution in [0.3, 0.4) is 0 Å². The van der Waals surface area contributed by atoms with Crippen molar-refractivity contribution in [3.63, 3.8) is 0 Å². The minimum absolute atomic E-state index is 0.00488. The number of carbonyl (C=O) groups excluding carboxylic acids is 1. The molecule has 1 aromatic rings. The number of fused-ring (bicyclic) bond motifs is 9. The zero-order chi connectivity index (χ0) is 34.9. The molecule has 6 aliphatic rings. The van der Waals surface area contributed by atoms with E-state index in [0.717, 1.165) is 55.6 Å². The maximum atomic E-state index is 14.0. The highest BCUT2D eigenvalue weighted by Crippen LogP contribution is 2.70. The van der Waals surface area contributed by atoms with Gasteiger partial charge in [0, 0.05) is 47.2 Å². The summed E-state index contributed by atoms with van der Waals surface area (Å²) >= 11 is 0. The molecule has 5 aliphatic carbocycles. The van der Waals surface area contributed by atoms with Crippen LogP contribution >= 0.6 is 21.6 Å². The van der Waals surface area contributed by atoms with Crippen molar-refractivity contribution in [2.24, 2.45) is 45.8 Å². The number of ketones is 1. The van der Waals surface area contributed by atoms with Gasteiger partial charge in [-0.05, 0) is 111 Å². The van der Waals surface area contributed by atoms with E-state index in [1.807, 2.05) is 34.1 Å². The van der Waals surface area contributed by atoms with E-state index >= 15 is 0 Å². The largest absolute Gasteiger partial charge is 0.393 e. The Morgan fingerprint density at radius 2 is 1.65 bits per heavy atom.